The second-order valence-corrected chi connectivity index (χ2v) is 7.94. The lowest BCUT2D eigenvalue weighted by Gasteiger charge is -2.35. The van der Waals surface area contributed by atoms with Gasteiger partial charge in [0.1, 0.15) is 0 Å². The Morgan fingerprint density at radius 2 is 2.14 bits per heavy atom. The number of nitrogens with one attached hydrogen (secondary N) is 1. The fourth-order valence-electron chi connectivity index (χ4n) is 3.08. The van der Waals surface area contributed by atoms with Gasteiger partial charge in [0.15, 0.2) is 11.2 Å². The van der Waals surface area contributed by atoms with Crippen LogP contribution in [0.15, 0.2) is 4.99 Å². The maximum Gasteiger partial charge on any atom is 0.330 e. The molecule has 2 rings (SSSR count). The Bertz CT molecular complexity index is 401. The molecule has 1 atom stereocenters. The van der Waals surface area contributed by atoms with Crippen molar-refractivity contribution in [2.24, 2.45) is 16.8 Å². The van der Waals surface area contributed by atoms with E-state index in [9.17, 15) is 4.79 Å². The first-order chi connectivity index (χ1) is 9.94. The molecule has 1 saturated heterocycles. The number of rotatable bonds is 4. The van der Waals surface area contributed by atoms with Crippen molar-refractivity contribution >= 4 is 22.9 Å². The second-order valence-electron chi connectivity index (χ2n) is 6.98. The van der Waals surface area contributed by atoms with Crippen LogP contribution in [0.2, 0.25) is 0 Å². The summed E-state index contributed by atoms with van der Waals surface area (Å²) in [6, 6.07) is -0.373. The average molecular weight is 312 g/mol. The summed E-state index contributed by atoms with van der Waals surface area (Å²) >= 11 is 1.76. The lowest BCUT2D eigenvalue weighted by molar-refractivity contribution is -0.142. The molecule has 1 spiro atoms. The zero-order chi connectivity index (χ0) is 15.5. The standard InChI is InChI=1S/C16H28N2O2S/c1-11(2)9-13(14(19)20-4)17-15-18-16(10-21-15)7-5-12(3)6-8-16/h11-13H,5-10H2,1-4H3,(H,17,18). The molecule has 1 saturated carbocycles. The molecule has 0 aromatic rings. The summed E-state index contributed by atoms with van der Waals surface area (Å²) in [6.45, 7) is 6.55. The molecule has 2 fully saturated rings. The van der Waals surface area contributed by atoms with Crippen molar-refractivity contribution in [3.05, 3.63) is 0 Å². The quantitative estimate of drug-likeness (QED) is 0.810. The van der Waals surface area contributed by atoms with E-state index in [1.54, 1.807) is 11.8 Å². The summed E-state index contributed by atoms with van der Waals surface area (Å²) in [7, 11) is 1.44. The Balaban J connectivity index is 2.02. The maximum atomic E-state index is 11.9. The Kier molecular flexibility index (Phi) is 5.58. The second kappa shape index (κ2) is 7.03. The molecule has 1 aliphatic heterocycles. The SMILES string of the molecule is COC(=O)C(CC(C)C)N=C1NC2(CCC(C)CC2)CS1. The molecular formula is C16H28N2O2S. The molecule has 1 aliphatic carbocycles. The van der Waals surface area contributed by atoms with Crippen molar-refractivity contribution in [1.29, 1.82) is 0 Å². The summed E-state index contributed by atoms with van der Waals surface area (Å²) in [5.41, 5.74) is 0.217. The number of nitrogens with zero attached hydrogens (tertiary/aromatic N) is 1. The van der Waals surface area contributed by atoms with E-state index in [2.05, 4.69) is 31.1 Å². The molecule has 120 valence electrons. The summed E-state index contributed by atoms with van der Waals surface area (Å²) in [5, 5.41) is 4.55. The smallest absolute Gasteiger partial charge is 0.330 e. The fraction of sp³-hybridized carbons (Fsp3) is 0.875. The van der Waals surface area contributed by atoms with Gasteiger partial charge in [-0.1, -0.05) is 32.5 Å². The van der Waals surface area contributed by atoms with Gasteiger partial charge in [-0.05, 0) is 43.9 Å². The van der Waals surface area contributed by atoms with Crippen LogP contribution in [0.5, 0.6) is 0 Å². The molecule has 1 N–H and O–H groups in total. The van der Waals surface area contributed by atoms with E-state index in [1.165, 1.54) is 32.8 Å². The predicted octanol–water partition coefficient (Wildman–Crippen LogP) is 3.22. The highest BCUT2D eigenvalue weighted by Gasteiger charge is 2.40. The van der Waals surface area contributed by atoms with Gasteiger partial charge in [-0.2, -0.15) is 0 Å². The van der Waals surface area contributed by atoms with E-state index in [-0.39, 0.29) is 17.6 Å². The third kappa shape index (κ3) is 4.38. The molecule has 0 aromatic carbocycles. The summed E-state index contributed by atoms with van der Waals surface area (Å²) < 4.78 is 4.89. The molecule has 4 nitrogen and oxygen atoms in total. The third-order valence-electron chi connectivity index (χ3n) is 4.53. The lowest BCUT2D eigenvalue weighted by atomic mass is 9.78. The first-order valence-corrected chi connectivity index (χ1v) is 8.99. The Labute approximate surface area is 132 Å². The Morgan fingerprint density at radius 3 is 2.71 bits per heavy atom. The van der Waals surface area contributed by atoms with Gasteiger partial charge in [-0.3, -0.25) is 0 Å². The van der Waals surface area contributed by atoms with Gasteiger partial charge in [-0.15, -0.1) is 0 Å². The average Bonchev–Trinajstić information content (AvgIpc) is 2.83. The van der Waals surface area contributed by atoms with Gasteiger partial charge in [0.25, 0.3) is 0 Å². The minimum Gasteiger partial charge on any atom is -0.467 e. The molecule has 0 radical (unpaired) electrons. The number of aliphatic imine (C=N–C) groups is 1. The molecule has 2 aliphatic rings. The molecule has 1 unspecified atom stereocenters. The highest BCUT2D eigenvalue weighted by Crippen LogP contribution is 2.38. The van der Waals surface area contributed by atoms with Gasteiger partial charge >= 0.3 is 5.97 Å². The molecule has 1 heterocycles. The van der Waals surface area contributed by atoms with E-state index in [1.807, 2.05) is 0 Å². The third-order valence-corrected chi connectivity index (χ3v) is 5.71. The highest BCUT2D eigenvalue weighted by atomic mass is 32.2. The monoisotopic (exact) mass is 312 g/mol. The largest absolute Gasteiger partial charge is 0.467 e. The van der Waals surface area contributed by atoms with Gasteiger partial charge in [-0.25, -0.2) is 9.79 Å². The number of carbonyl (C=O) groups excluding carboxylic acids is 1. The number of carbonyl (C=O) groups is 1. The summed E-state index contributed by atoms with van der Waals surface area (Å²) in [5.74, 6) is 2.12. The van der Waals surface area contributed by atoms with Crippen LogP contribution in [0.3, 0.4) is 0 Å². The molecule has 0 aromatic heterocycles. The number of thioether (sulfide) groups is 1. The van der Waals surface area contributed by atoms with Crippen LogP contribution >= 0.6 is 11.8 Å². The fourth-order valence-corrected chi connectivity index (χ4v) is 4.35. The Hall–Kier alpha value is -0.710. The molecule has 0 amide bonds. The van der Waals surface area contributed by atoms with Crippen LogP contribution in [0.1, 0.15) is 52.9 Å². The van der Waals surface area contributed by atoms with Crippen molar-refractivity contribution in [2.45, 2.75) is 64.5 Å². The van der Waals surface area contributed by atoms with Crippen molar-refractivity contribution in [1.82, 2.24) is 5.32 Å². The molecule has 21 heavy (non-hydrogen) atoms. The number of hydrogen-bond acceptors (Lipinski definition) is 4. The van der Waals surface area contributed by atoms with Crippen LogP contribution in [0.25, 0.3) is 0 Å². The van der Waals surface area contributed by atoms with Crippen LogP contribution in [-0.4, -0.2) is 35.6 Å². The van der Waals surface area contributed by atoms with Crippen LogP contribution in [0.4, 0.5) is 0 Å². The summed E-state index contributed by atoms with van der Waals surface area (Å²) in [4.78, 5) is 16.5. The van der Waals surface area contributed by atoms with E-state index < -0.39 is 0 Å². The first-order valence-electron chi connectivity index (χ1n) is 8.01. The number of methoxy groups -OCH3 is 1. The van der Waals surface area contributed by atoms with E-state index in [0.717, 1.165) is 23.3 Å². The van der Waals surface area contributed by atoms with E-state index in [4.69, 9.17) is 4.74 Å². The number of amidine groups is 1. The van der Waals surface area contributed by atoms with Gasteiger partial charge in [0.2, 0.25) is 0 Å². The molecule has 0 bridgehead atoms. The van der Waals surface area contributed by atoms with E-state index >= 15 is 0 Å². The minimum atomic E-state index is -0.373. The normalized spacial score (nSPS) is 32.4. The number of ether oxygens (including phenoxy) is 1. The zero-order valence-corrected chi connectivity index (χ0v) is 14.5. The van der Waals surface area contributed by atoms with Gasteiger partial charge in [0, 0.05) is 11.3 Å². The van der Waals surface area contributed by atoms with E-state index in [0.29, 0.717) is 5.92 Å². The van der Waals surface area contributed by atoms with Crippen molar-refractivity contribution < 1.29 is 9.53 Å². The van der Waals surface area contributed by atoms with Crippen molar-refractivity contribution in [2.75, 3.05) is 12.9 Å². The van der Waals surface area contributed by atoms with Crippen LogP contribution < -0.4 is 5.32 Å². The van der Waals surface area contributed by atoms with Gasteiger partial charge < -0.3 is 10.1 Å². The van der Waals surface area contributed by atoms with Gasteiger partial charge in [0.05, 0.1) is 7.11 Å². The summed E-state index contributed by atoms with van der Waals surface area (Å²) in [6.07, 6.45) is 5.74. The molecular weight excluding hydrogens is 284 g/mol. The van der Waals surface area contributed by atoms with Crippen molar-refractivity contribution in [3.8, 4) is 0 Å². The first kappa shape index (κ1) is 16.7. The van der Waals surface area contributed by atoms with Crippen LogP contribution in [0, 0.1) is 11.8 Å². The maximum absolute atomic E-state index is 11.9. The minimum absolute atomic E-state index is 0.217. The topological polar surface area (TPSA) is 50.7 Å². The predicted molar refractivity (Wildman–Crippen MR) is 88.7 cm³/mol. The number of hydrogen-bond donors (Lipinski definition) is 1. The Morgan fingerprint density at radius 1 is 1.48 bits per heavy atom. The molecule has 5 heteroatoms. The number of esters is 1. The highest BCUT2D eigenvalue weighted by molar-refractivity contribution is 8.14. The van der Waals surface area contributed by atoms with Crippen molar-refractivity contribution in [3.63, 3.8) is 0 Å². The lowest BCUT2D eigenvalue weighted by Crippen LogP contribution is -2.46. The zero-order valence-electron chi connectivity index (χ0n) is 13.6. The van der Waals surface area contributed by atoms with Crippen LogP contribution in [-0.2, 0) is 9.53 Å².